The normalized spacial score (nSPS) is 18.7. The second-order valence-electron chi connectivity index (χ2n) is 7.35. The monoisotopic (exact) mass is 398 g/mol. The molecule has 2 aromatic rings. The molecule has 1 fully saturated rings. The van der Waals surface area contributed by atoms with Crippen molar-refractivity contribution in [3.05, 3.63) is 59.1 Å². The van der Waals surface area contributed by atoms with Gasteiger partial charge in [0.15, 0.2) is 0 Å². The summed E-state index contributed by atoms with van der Waals surface area (Å²) in [6.45, 7) is 3.00. The average molecular weight is 398 g/mol. The molecule has 1 aliphatic rings. The summed E-state index contributed by atoms with van der Waals surface area (Å²) in [5.41, 5.74) is 1.30. The maximum atomic E-state index is 12.9. The van der Waals surface area contributed by atoms with Crippen LogP contribution in [0.1, 0.15) is 29.3 Å². The number of aliphatic hydroxyl groups is 1. The minimum Gasteiger partial charge on any atom is -0.507 e. The number of aliphatic hydroxyl groups excluding tert-OH is 1. The number of carbonyl (C=O) groups is 2. The Morgan fingerprint density at radius 1 is 1.28 bits per heavy atom. The van der Waals surface area contributed by atoms with Crippen molar-refractivity contribution in [1.29, 1.82) is 0 Å². The second kappa shape index (κ2) is 8.53. The summed E-state index contributed by atoms with van der Waals surface area (Å²) in [6, 6.07) is 7.77. The van der Waals surface area contributed by atoms with Gasteiger partial charge in [0, 0.05) is 12.1 Å². The second-order valence-corrected chi connectivity index (χ2v) is 7.35. The molecule has 1 unspecified atom stereocenters. The molecule has 1 saturated heterocycles. The summed E-state index contributed by atoms with van der Waals surface area (Å²) in [6.07, 6.45) is 2.19. The molecule has 1 aromatic carbocycles. The number of amides is 1. The highest BCUT2D eigenvalue weighted by Gasteiger charge is 2.47. The lowest BCUT2D eigenvalue weighted by atomic mass is 9.98. The Hall–Kier alpha value is -3.06. The molecular formula is C22H26N2O5. The number of benzene rings is 1. The zero-order chi connectivity index (χ0) is 21.1. The number of likely N-dealkylation sites (tertiary alicyclic amines) is 1. The van der Waals surface area contributed by atoms with Crippen molar-refractivity contribution in [1.82, 2.24) is 9.80 Å². The standard InChI is InChI=1S/C22H26N2O5/c1-14-13-15(8-9-16(14)28-4)20(25)18-19(17-7-5-12-29-17)24(22(27)21(18)26)11-6-10-23(2)3/h5,7-9,12-13,19,25H,6,10-11H2,1-4H3/b20-18-. The number of ether oxygens (including phenoxy) is 1. The highest BCUT2D eigenvalue weighted by Crippen LogP contribution is 2.40. The average Bonchev–Trinajstić information content (AvgIpc) is 3.29. The highest BCUT2D eigenvalue weighted by molar-refractivity contribution is 6.46. The number of furan rings is 1. The van der Waals surface area contributed by atoms with Crippen molar-refractivity contribution in [2.24, 2.45) is 0 Å². The van der Waals surface area contributed by atoms with Crippen LogP contribution in [-0.2, 0) is 9.59 Å². The van der Waals surface area contributed by atoms with E-state index in [1.165, 1.54) is 11.2 Å². The highest BCUT2D eigenvalue weighted by atomic mass is 16.5. The van der Waals surface area contributed by atoms with E-state index in [0.717, 1.165) is 12.1 Å². The van der Waals surface area contributed by atoms with Gasteiger partial charge in [0.25, 0.3) is 11.7 Å². The van der Waals surface area contributed by atoms with Gasteiger partial charge < -0.3 is 24.1 Å². The lowest BCUT2D eigenvalue weighted by Crippen LogP contribution is -2.32. The molecule has 2 heterocycles. The molecule has 1 aromatic heterocycles. The number of carbonyl (C=O) groups excluding carboxylic acids is 2. The fourth-order valence-electron chi connectivity index (χ4n) is 3.59. The number of methoxy groups -OCH3 is 1. The van der Waals surface area contributed by atoms with Gasteiger partial charge in [-0.1, -0.05) is 0 Å². The Morgan fingerprint density at radius 3 is 2.62 bits per heavy atom. The zero-order valence-corrected chi connectivity index (χ0v) is 17.1. The molecular weight excluding hydrogens is 372 g/mol. The van der Waals surface area contributed by atoms with Crippen LogP contribution in [0.3, 0.4) is 0 Å². The predicted molar refractivity (Wildman–Crippen MR) is 109 cm³/mol. The fourth-order valence-corrected chi connectivity index (χ4v) is 3.59. The summed E-state index contributed by atoms with van der Waals surface area (Å²) in [5.74, 6) is -0.432. The summed E-state index contributed by atoms with van der Waals surface area (Å²) in [7, 11) is 5.46. The summed E-state index contributed by atoms with van der Waals surface area (Å²) >= 11 is 0. The first-order chi connectivity index (χ1) is 13.8. The van der Waals surface area contributed by atoms with Gasteiger partial charge >= 0.3 is 0 Å². The molecule has 7 heteroatoms. The minimum atomic E-state index is -0.755. The van der Waals surface area contributed by atoms with Gasteiger partial charge in [-0.15, -0.1) is 0 Å². The number of nitrogens with zero attached hydrogens (tertiary/aromatic N) is 2. The Balaban J connectivity index is 2.05. The van der Waals surface area contributed by atoms with Gasteiger partial charge in [-0.2, -0.15) is 0 Å². The van der Waals surface area contributed by atoms with Crippen LogP contribution in [0, 0.1) is 6.92 Å². The number of hydrogen-bond acceptors (Lipinski definition) is 6. The van der Waals surface area contributed by atoms with Gasteiger partial charge in [0.1, 0.15) is 23.3 Å². The molecule has 1 amide bonds. The van der Waals surface area contributed by atoms with Crippen LogP contribution in [0.2, 0.25) is 0 Å². The van der Waals surface area contributed by atoms with Crippen molar-refractivity contribution in [3.8, 4) is 5.75 Å². The molecule has 0 spiro atoms. The van der Waals surface area contributed by atoms with E-state index >= 15 is 0 Å². The van der Waals surface area contributed by atoms with Crippen molar-refractivity contribution < 1.29 is 23.8 Å². The number of ketones is 1. The van der Waals surface area contributed by atoms with Crippen LogP contribution < -0.4 is 4.74 Å². The lowest BCUT2D eigenvalue weighted by molar-refractivity contribution is -0.140. The molecule has 1 atom stereocenters. The van der Waals surface area contributed by atoms with Crippen molar-refractivity contribution in [2.75, 3.05) is 34.3 Å². The van der Waals surface area contributed by atoms with Crippen molar-refractivity contribution in [3.63, 3.8) is 0 Å². The van der Waals surface area contributed by atoms with E-state index in [2.05, 4.69) is 0 Å². The van der Waals surface area contributed by atoms with Gasteiger partial charge in [0.05, 0.1) is 18.9 Å². The first-order valence-corrected chi connectivity index (χ1v) is 9.46. The van der Waals surface area contributed by atoms with E-state index in [1.54, 1.807) is 37.4 Å². The maximum absolute atomic E-state index is 12.9. The summed E-state index contributed by atoms with van der Waals surface area (Å²) in [4.78, 5) is 29.1. The molecule has 7 nitrogen and oxygen atoms in total. The molecule has 154 valence electrons. The summed E-state index contributed by atoms with van der Waals surface area (Å²) < 4.78 is 10.8. The molecule has 0 aliphatic carbocycles. The Kier molecular flexibility index (Phi) is 6.08. The van der Waals surface area contributed by atoms with Gasteiger partial charge in [-0.25, -0.2) is 0 Å². The number of Topliss-reactive ketones (excluding diaryl/α,β-unsaturated/α-hetero) is 1. The van der Waals surface area contributed by atoms with Crippen LogP contribution in [-0.4, -0.2) is 60.9 Å². The Bertz CT molecular complexity index is 931. The van der Waals surface area contributed by atoms with Crippen LogP contribution in [0.25, 0.3) is 5.76 Å². The van der Waals surface area contributed by atoms with Crippen LogP contribution in [0.5, 0.6) is 5.75 Å². The molecule has 3 rings (SSSR count). The Labute approximate surface area is 170 Å². The van der Waals surface area contributed by atoms with Gasteiger partial charge in [-0.05, 0) is 69.9 Å². The minimum absolute atomic E-state index is 0.0411. The largest absolute Gasteiger partial charge is 0.507 e. The van der Waals surface area contributed by atoms with Crippen molar-refractivity contribution in [2.45, 2.75) is 19.4 Å². The van der Waals surface area contributed by atoms with Crippen LogP contribution in [0.4, 0.5) is 0 Å². The topological polar surface area (TPSA) is 83.2 Å². The third-order valence-corrected chi connectivity index (χ3v) is 5.03. The fraction of sp³-hybridized carbons (Fsp3) is 0.364. The van der Waals surface area contributed by atoms with E-state index in [-0.39, 0.29) is 11.3 Å². The van der Waals surface area contributed by atoms with Crippen LogP contribution >= 0.6 is 0 Å². The number of rotatable bonds is 7. The first-order valence-electron chi connectivity index (χ1n) is 9.46. The molecule has 1 N–H and O–H groups in total. The van der Waals surface area contributed by atoms with Crippen LogP contribution in [0.15, 0.2) is 46.6 Å². The van der Waals surface area contributed by atoms with E-state index in [4.69, 9.17) is 9.15 Å². The molecule has 0 bridgehead atoms. The van der Waals surface area contributed by atoms with E-state index in [0.29, 0.717) is 30.0 Å². The number of aryl methyl sites for hydroxylation is 1. The van der Waals surface area contributed by atoms with E-state index in [9.17, 15) is 14.7 Å². The molecule has 0 radical (unpaired) electrons. The smallest absolute Gasteiger partial charge is 0.295 e. The third kappa shape index (κ3) is 4.05. The quantitative estimate of drug-likeness (QED) is 0.439. The Morgan fingerprint density at radius 2 is 2.03 bits per heavy atom. The SMILES string of the molecule is COc1ccc(/C(O)=C2/C(=O)C(=O)N(CCCN(C)C)C2c2ccco2)cc1C. The summed E-state index contributed by atoms with van der Waals surface area (Å²) in [5, 5.41) is 11.0. The van der Waals surface area contributed by atoms with Gasteiger partial charge in [-0.3, -0.25) is 9.59 Å². The van der Waals surface area contributed by atoms with Crippen molar-refractivity contribution >= 4 is 17.4 Å². The van der Waals surface area contributed by atoms with Gasteiger partial charge in [0.2, 0.25) is 0 Å². The van der Waals surface area contributed by atoms with E-state index < -0.39 is 17.7 Å². The molecule has 29 heavy (non-hydrogen) atoms. The van der Waals surface area contributed by atoms with E-state index in [1.807, 2.05) is 25.9 Å². The number of hydrogen-bond donors (Lipinski definition) is 1. The third-order valence-electron chi connectivity index (χ3n) is 5.03. The molecule has 0 saturated carbocycles. The zero-order valence-electron chi connectivity index (χ0n) is 17.1. The lowest BCUT2D eigenvalue weighted by Gasteiger charge is -2.24. The predicted octanol–water partition coefficient (Wildman–Crippen LogP) is 2.97. The molecule has 1 aliphatic heterocycles. The first kappa shape index (κ1) is 20.7. The maximum Gasteiger partial charge on any atom is 0.295 e.